The van der Waals surface area contributed by atoms with Gasteiger partial charge in [-0.05, 0) is 42.5 Å². The van der Waals surface area contributed by atoms with Gasteiger partial charge in [0.2, 0.25) is 21.1 Å². The van der Waals surface area contributed by atoms with Gasteiger partial charge in [-0.2, -0.15) is 0 Å². The fourth-order valence-electron chi connectivity index (χ4n) is 2.87. The van der Waals surface area contributed by atoms with Crippen molar-refractivity contribution in [3.8, 4) is 0 Å². The summed E-state index contributed by atoms with van der Waals surface area (Å²) >= 11 is 1.52. The molecule has 1 heterocycles. The molecule has 0 aliphatic heterocycles. The lowest BCUT2D eigenvalue weighted by molar-refractivity contribution is -0.132. The van der Waals surface area contributed by atoms with E-state index in [2.05, 4.69) is 15.5 Å². The summed E-state index contributed by atoms with van der Waals surface area (Å²) in [5.41, 5.74) is 0. The Hall–Kier alpha value is -1.20. The number of carbonyl (C=O) groups is 1. The van der Waals surface area contributed by atoms with Crippen molar-refractivity contribution >= 4 is 27.7 Å². The van der Waals surface area contributed by atoms with Crippen LogP contribution in [0.25, 0.3) is 0 Å². The fourth-order valence-corrected chi connectivity index (χ4v) is 4.59. The molecule has 0 radical (unpaired) electrons. The number of nitrogens with zero attached hydrogens (tertiary/aromatic N) is 5. The van der Waals surface area contributed by atoms with Gasteiger partial charge in [0, 0.05) is 32.3 Å². The van der Waals surface area contributed by atoms with E-state index in [1.807, 2.05) is 0 Å². The zero-order chi connectivity index (χ0) is 17.7. The van der Waals surface area contributed by atoms with E-state index in [-0.39, 0.29) is 11.9 Å². The molecular weight excluding hydrogens is 352 g/mol. The summed E-state index contributed by atoms with van der Waals surface area (Å²) in [6, 6.07) is 0.103. The van der Waals surface area contributed by atoms with Gasteiger partial charge in [0.25, 0.3) is 0 Å². The van der Waals surface area contributed by atoms with E-state index in [9.17, 15) is 13.2 Å². The number of tetrazole rings is 1. The Morgan fingerprint density at radius 3 is 2.58 bits per heavy atom. The molecule has 0 atom stereocenters. The van der Waals surface area contributed by atoms with Crippen molar-refractivity contribution in [3.05, 3.63) is 0 Å². The van der Waals surface area contributed by atoms with Crippen LogP contribution in [0.1, 0.15) is 38.5 Å². The van der Waals surface area contributed by atoms with Gasteiger partial charge in [-0.15, -0.1) is 5.10 Å². The smallest absolute Gasteiger partial charge is 0.222 e. The molecular formula is C13H24N6O3S2. The van der Waals surface area contributed by atoms with E-state index in [0.29, 0.717) is 32.1 Å². The van der Waals surface area contributed by atoms with Crippen molar-refractivity contribution in [1.29, 1.82) is 0 Å². The van der Waals surface area contributed by atoms with Crippen LogP contribution in [0.5, 0.6) is 0 Å². The minimum atomic E-state index is -3.46. The number of aromatic nitrogens is 4. The second-order valence-corrected chi connectivity index (χ2v) is 8.97. The average Bonchev–Trinajstić information content (AvgIpc) is 2.95. The van der Waals surface area contributed by atoms with E-state index in [4.69, 9.17) is 5.14 Å². The Labute approximate surface area is 146 Å². The van der Waals surface area contributed by atoms with Gasteiger partial charge in [-0.25, -0.2) is 18.2 Å². The van der Waals surface area contributed by atoms with E-state index >= 15 is 0 Å². The SMILES string of the molecule is CN(C(=O)CCCSc1nnnn1C)C1CCC(S(N)(=O)=O)CC1. The molecule has 2 rings (SSSR count). The van der Waals surface area contributed by atoms with Crippen LogP contribution in [-0.2, 0) is 21.9 Å². The van der Waals surface area contributed by atoms with Gasteiger partial charge in [0.1, 0.15) is 0 Å². The summed E-state index contributed by atoms with van der Waals surface area (Å²) in [6.45, 7) is 0. The van der Waals surface area contributed by atoms with Crippen molar-refractivity contribution in [3.63, 3.8) is 0 Å². The van der Waals surface area contributed by atoms with Crippen LogP contribution in [0.3, 0.4) is 0 Å². The minimum Gasteiger partial charge on any atom is -0.343 e. The molecule has 24 heavy (non-hydrogen) atoms. The summed E-state index contributed by atoms with van der Waals surface area (Å²) < 4.78 is 24.3. The van der Waals surface area contributed by atoms with Gasteiger partial charge >= 0.3 is 0 Å². The average molecular weight is 377 g/mol. The molecule has 0 spiro atoms. The molecule has 1 aliphatic rings. The number of amides is 1. The van der Waals surface area contributed by atoms with Crippen molar-refractivity contribution in [2.75, 3.05) is 12.8 Å². The van der Waals surface area contributed by atoms with E-state index in [1.54, 1.807) is 23.7 Å². The number of hydrogen-bond donors (Lipinski definition) is 1. The van der Waals surface area contributed by atoms with Gasteiger partial charge in [0.15, 0.2) is 0 Å². The molecule has 0 aromatic carbocycles. The van der Waals surface area contributed by atoms with Crippen LogP contribution in [0.4, 0.5) is 0 Å². The number of primary sulfonamides is 1. The standard InChI is InChI=1S/C13H24N6O3S2/c1-18(10-5-7-11(8-6-10)24(14,21)22)12(20)4-3-9-23-13-15-16-17-19(13)2/h10-11H,3-9H2,1-2H3,(H2,14,21,22). The molecule has 9 nitrogen and oxygen atoms in total. The van der Waals surface area contributed by atoms with Crippen LogP contribution >= 0.6 is 11.8 Å². The summed E-state index contributed by atoms with van der Waals surface area (Å²) in [7, 11) is 0.110. The predicted molar refractivity (Wildman–Crippen MR) is 90.7 cm³/mol. The van der Waals surface area contributed by atoms with E-state index < -0.39 is 15.3 Å². The Bertz CT molecular complexity index is 654. The van der Waals surface area contributed by atoms with E-state index in [0.717, 1.165) is 17.3 Å². The third-order valence-electron chi connectivity index (χ3n) is 4.40. The third-order valence-corrected chi connectivity index (χ3v) is 6.89. The second kappa shape index (κ2) is 8.26. The van der Waals surface area contributed by atoms with E-state index in [1.165, 1.54) is 11.8 Å². The quantitative estimate of drug-likeness (QED) is 0.530. The van der Waals surface area contributed by atoms with Crippen LogP contribution < -0.4 is 5.14 Å². The highest BCUT2D eigenvalue weighted by Crippen LogP contribution is 2.26. The molecule has 1 aliphatic carbocycles. The van der Waals surface area contributed by atoms with Gasteiger partial charge in [-0.3, -0.25) is 4.79 Å². The molecule has 0 bridgehead atoms. The summed E-state index contributed by atoms with van der Waals surface area (Å²) in [6.07, 6.45) is 3.62. The molecule has 1 aromatic rings. The number of nitrogens with two attached hydrogens (primary N) is 1. The molecule has 2 N–H and O–H groups in total. The number of aryl methyl sites for hydroxylation is 1. The predicted octanol–water partition coefficient (Wildman–Crippen LogP) is 0.141. The van der Waals surface area contributed by atoms with Gasteiger partial charge < -0.3 is 4.90 Å². The normalized spacial score (nSPS) is 21.6. The van der Waals surface area contributed by atoms with Crippen LogP contribution in [0.2, 0.25) is 0 Å². The third kappa shape index (κ3) is 5.15. The Balaban J connectivity index is 1.70. The maximum Gasteiger partial charge on any atom is 0.222 e. The maximum atomic E-state index is 12.3. The topological polar surface area (TPSA) is 124 Å². The molecule has 1 saturated carbocycles. The summed E-state index contributed by atoms with van der Waals surface area (Å²) in [4.78, 5) is 14.0. The number of sulfonamides is 1. The highest BCUT2D eigenvalue weighted by molar-refractivity contribution is 7.99. The number of hydrogen-bond acceptors (Lipinski definition) is 7. The number of carbonyl (C=O) groups excluding carboxylic acids is 1. The van der Waals surface area contributed by atoms with Gasteiger partial charge in [-0.1, -0.05) is 11.8 Å². The lowest BCUT2D eigenvalue weighted by Gasteiger charge is -2.34. The van der Waals surface area contributed by atoms with Crippen LogP contribution in [0, 0.1) is 0 Å². The summed E-state index contributed by atoms with van der Waals surface area (Å²) in [5, 5.41) is 16.7. The molecule has 11 heteroatoms. The highest BCUT2D eigenvalue weighted by atomic mass is 32.2. The minimum absolute atomic E-state index is 0.0887. The first kappa shape index (κ1) is 19.1. The second-order valence-electron chi connectivity index (χ2n) is 6.06. The van der Waals surface area contributed by atoms with Crippen molar-refractivity contribution in [1.82, 2.24) is 25.1 Å². The Morgan fingerprint density at radius 2 is 2.04 bits per heavy atom. The maximum absolute atomic E-state index is 12.3. The summed E-state index contributed by atoms with van der Waals surface area (Å²) in [5.74, 6) is 0.858. The van der Waals surface area contributed by atoms with Crippen LogP contribution in [-0.4, -0.2) is 63.5 Å². The lowest BCUT2D eigenvalue weighted by atomic mass is 9.94. The molecule has 0 unspecified atom stereocenters. The van der Waals surface area contributed by atoms with Crippen molar-refractivity contribution in [2.45, 2.75) is 55.0 Å². The van der Waals surface area contributed by atoms with Gasteiger partial charge in [0.05, 0.1) is 5.25 Å². The number of rotatable bonds is 7. The van der Waals surface area contributed by atoms with Crippen molar-refractivity contribution in [2.24, 2.45) is 12.2 Å². The Kier molecular flexibility index (Phi) is 6.58. The first-order valence-electron chi connectivity index (χ1n) is 7.91. The largest absolute Gasteiger partial charge is 0.343 e. The molecule has 1 aromatic heterocycles. The zero-order valence-corrected chi connectivity index (χ0v) is 15.6. The monoisotopic (exact) mass is 376 g/mol. The molecule has 136 valence electrons. The molecule has 1 amide bonds. The van der Waals surface area contributed by atoms with Crippen LogP contribution in [0.15, 0.2) is 5.16 Å². The Morgan fingerprint density at radius 1 is 1.38 bits per heavy atom. The highest BCUT2D eigenvalue weighted by Gasteiger charge is 2.31. The first-order chi connectivity index (χ1) is 11.3. The van der Waals surface area contributed by atoms with Crippen molar-refractivity contribution < 1.29 is 13.2 Å². The molecule has 0 saturated heterocycles. The number of thioether (sulfide) groups is 1. The lowest BCUT2D eigenvalue weighted by Crippen LogP contribution is -2.42. The first-order valence-corrected chi connectivity index (χ1v) is 10.5. The zero-order valence-electron chi connectivity index (χ0n) is 14.0. The molecule has 1 fully saturated rings. The fraction of sp³-hybridized carbons (Fsp3) is 0.846.